The molecular weight excluding hydrogens is 422 g/mol. The second-order valence-corrected chi connectivity index (χ2v) is 10.5. The predicted molar refractivity (Wildman–Crippen MR) is 143 cm³/mol. The van der Waals surface area contributed by atoms with Crippen LogP contribution in [0, 0.1) is 11.8 Å². The van der Waals surface area contributed by atoms with Gasteiger partial charge in [-0.2, -0.15) is 0 Å². The van der Waals surface area contributed by atoms with Gasteiger partial charge in [0.1, 0.15) is 0 Å². The Bertz CT molecular complexity index is 816. The summed E-state index contributed by atoms with van der Waals surface area (Å²) in [7, 11) is 1.85. The molecule has 3 saturated heterocycles. The zero-order valence-corrected chi connectivity index (χ0v) is 21.8. The molecule has 7 nitrogen and oxygen atoms in total. The van der Waals surface area contributed by atoms with Gasteiger partial charge in [0.05, 0.1) is 23.3 Å². The Morgan fingerprint density at radius 2 is 1.59 bits per heavy atom. The summed E-state index contributed by atoms with van der Waals surface area (Å²) in [6.07, 6.45) is 9.05. The number of hydrogen-bond donors (Lipinski definition) is 1. The van der Waals surface area contributed by atoms with E-state index in [1.54, 1.807) is 0 Å². The molecule has 0 bridgehead atoms. The van der Waals surface area contributed by atoms with Crippen LogP contribution < -0.4 is 5.32 Å². The Morgan fingerprint density at radius 3 is 2.18 bits per heavy atom. The molecule has 1 saturated carbocycles. The number of hydrogen-bond acceptors (Lipinski definition) is 7. The van der Waals surface area contributed by atoms with Gasteiger partial charge in [-0.3, -0.25) is 14.9 Å². The molecule has 0 atom stereocenters. The lowest BCUT2D eigenvalue weighted by molar-refractivity contribution is 0.0533. The first-order valence-corrected chi connectivity index (χ1v) is 13.2. The summed E-state index contributed by atoms with van der Waals surface area (Å²) in [5, 5.41) is 3.46. The van der Waals surface area contributed by atoms with Gasteiger partial charge in [-0.05, 0) is 31.6 Å². The smallest absolute Gasteiger partial charge is 0.0764 e. The molecule has 4 aliphatic rings. The lowest BCUT2D eigenvalue weighted by atomic mass is 10.0. The van der Waals surface area contributed by atoms with E-state index in [9.17, 15) is 0 Å². The largest absolute Gasteiger partial charge is 0.372 e. The normalized spacial score (nSPS) is 24.4. The summed E-state index contributed by atoms with van der Waals surface area (Å²) in [5.41, 5.74) is 4.77. The maximum atomic E-state index is 4.96. The van der Waals surface area contributed by atoms with Gasteiger partial charge in [0.2, 0.25) is 0 Å². The molecule has 0 aromatic heterocycles. The predicted octanol–water partition coefficient (Wildman–Crippen LogP) is 2.66. The molecule has 0 aromatic carbocycles. The van der Waals surface area contributed by atoms with Crippen LogP contribution in [-0.4, -0.2) is 111 Å². The summed E-state index contributed by atoms with van der Waals surface area (Å²) >= 11 is 0. The third-order valence-corrected chi connectivity index (χ3v) is 7.49. The van der Waals surface area contributed by atoms with Gasteiger partial charge >= 0.3 is 0 Å². The molecule has 3 aliphatic heterocycles. The van der Waals surface area contributed by atoms with Crippen LogP contribution in [0.5, 0.6) is 0 Å². The van der Waals surface area contributed by atoms with Gasteiger partial charge in [0.25, 0.3) is 0 Å². The topological polar surface area (TPSA) is 49.7 Å². The van der Waals surface area contributed by atoms with Crippen molar-refractivity contribution in [1.82, 2.24) is 24.9 Å². The summed E-state index contributed by atoms with van der Waals surface area (Å²) < 4.78 is 0. The molecule has 0 amide bonds. The van der Waals surface area contributed by atoms with Crippen LogP contribution in [0.1, 0.15) is 33.6 Å². The van der Waals surface area contributed by atoms with Crippen molar-refractivity contribution in [3.05, 3.63) is 35.4 Å². The second-order valence-electron chi connectivity index (χ2n) is 10.5. The first kappa shape index (κ1) is 25.0. The number of aliphatic imine (C=N–C) groups is 2. The molecule has 4 rings (SSSR count). The molecule has 4 fully saturated rings. The SMILES string of the molecule is C=C(C1CC1)N1CCN(\C(C=NC)=C(C)/N=C\C(=C/C(C)C)N2CC(N3CCNCC3)C2)CC1. The van der Waals surface area contributed by atoms with Crippen LogP contribution in [-0.2, 0) is 0 Å². The van der Waals surface area contributed by atoms with E-state index in [0.29, 0.717) is 12.0 Å². The fourth-order valence-electron chi connectivity index (χ4n) is 5.18. The van der Waals surface area contributed by atoms with Crippen molar-refractivity contribution >= 4 is 12.4 Å². The molecule has 0 spiro atoms. The van der Waals surface area contributed by atoms with Crippen molar-refractivity contribution in [2.24, 2.45) is 21.8 Å². The van der Waals surface area contributed by atoms with Crippen LogP contribution in [0.15, 0.2) is 45.4 Å². The highest BCUT2D eigenvalue weighted by atomic mass is 15.3. The van der Waals surface area contributed by atoms with Gasteiger partial charge in [-0.25, -0.2) is 0 Å². The molecule has 34 heavy (non-hydrogen) atoms. The minimum atomic E-state index is 0.494. The average molecular weight is 468 g/mol. The van der Waals surface area contributed by atoms with Gasteiger partial charge in [0.15, 0.2) is 0 Å². The van der Waals surface area contributed by atoms with Crippen molar-refractivity contribution < 1.29 is 0 Å². The van der Waals surface area contributed by atoms with E-state index in [2.05, 4.69) is 69.5 Å². The molecular formula is C27H45N7. The number of nitrogens with zero attached hydrogens (tertiary/aromatic N) is 6. The van der Waals surface area contributed by atoms with Gasteiger partial charge in [0, 0.05) is 90.4 Å². The minimum absolute atomic E-state index is 0.494. The molecule has 1 N–H and O–H groups in total. The Balaban J connectivity index is 1.39. The highest BCUT2D eigenvalue weighted by Crippen LogP contribution is 2.37. The van der Waals surface area contributed by atoms with Crippen LogP contribution in [0.25, 0.3) is 0 Å². The minimum Gasteiger partial charge on any atom is -0.372 e. The highest BCUT2D eigenvalue weighted by molar-refractivity contribution is 5.82. The van der Waals surface area contributed by atoms with E-state index in [1.165, 1.54) is 37.3 Å². The first-order valence-electron chi connectivity index (χ1n) is 13.2. The summed E-state index contributed by atoms with van der Waals surface area (Å²) in [4.78, 5) is 19.4. The maximum Gasteiger partial charge on any atom is 0.0764 e. The van der Waals surface area contributed by atoms with E-state index in [1.807, 2.05) is 13.3 Å². The third-order valence-electron chi connectivity index (χ3n) is 7.49. The lowest BCUT2D eigenvalue weighted by Gasteiger charge is -2.48. The summed E-state index contributed by atoms with van der Waals surface area (Å²) in [5.74, 6) is 1.23. The quantitative estimate of drug-likeness (QED) is 0.529. The third kappa shape index (κ3) is 6.30. The van der Waals surface area contributed by atoms with Crippen molar-refractivity contribution in [2.45, 2.75) is 39.7 Å². The number of nitrogens with one attached hydrogen (secondary N) is 1. The highest BCUT2D eigenvalue weighted by Gasteiger charge is 2.33. The van der Waals surface area contributed by atoms with Crippen molar-refractivity contribution in [1.29, 1.82) is 0 Å². The molecule has 1 aliphatic carbocycles. The number of likely N-dealkylation sites (tertiary alicyclic amines) is 1. The molecule has 0 radical (unpaired) electrons. The number of allylic oxidation sites excluding steroid dienone is 5. The van der Waals surface area contributed by atoms with Crippen molar-refractivity contribution in [2.75, 3.05) is 72.5 Å². The lowest BCUT2D eigenvalue weighted by Crippen LogP contribution is -2.62. The summed E-state index contributed by atoms with van der Waals surface area (Å²) in [6.45, 7) is 21.8. The molecule has 0 aromatic rings. The first-order chi connectivity index (χ1) is 16.5. The zero-order valence-electron chi connectivity index (χ0n) is 21.8. The van der Waals surface area contributed by atoms with E-state index < -0.39 is 0 Å². The number of rotatable bonds is 9. The molecule has 0 unspecified atom stereocenters. The Hall–Kier alpha value is -2.12. The summed E-state index contributed by atoms with van der Waals surface area (Å²) in [6, 6.07) is 0.673. The molecule has 7 heteroatoms. The Labute approximate surface area is 207 Å². The van der Waals surface area contributed by atoms with E-state index >= 15 is 0 Å². The average Bonchev–Trinajstić information content (AvgIpc) is 3.65. The number of piperazine rings is 2. The van der Waals surface area contributed by atoms with Gasteiger partial charge < -0.3 is 20.0 Å². The van der Waals surface area contributed by atoms with Gasteiger partial charge in [-0.1, -0.05) is 26.5 Å². The maximum absolute atomic E-state index is 4.96. The van der Waals surface area contributed by atoms with Crippen LogP contribution in [0.4, 0.5) is 0 Å². The van der Waals surface area contributed by atoms with Crippen LogP contribution >= 0.6 is 0 Å². The van der Waals surface area contributed by atoms with E-state index in [-0.39, 0.29) is 0 Å². The van der Waals surface area contributed by atoms with Crippen molar-refractivity contribution in [3.8, 4) is 0 Å². The molecule has 3 heterocycles. The van der Waals surface area contributed by atoms with Crippen LogP contribution in [0.2, 0.25) is 0 Å². The monoisotopic (exact) mass is 467 g/mol. The standard InChI is InChI=1S/C27H45N7/c1-21(2)16-25(34-19-26(20-34)32-10-8-29-9-11-32)17-30-22(3)27(18-28-5)33-14-12-31(13-15-33)23(4)24-6-7-24/h16-18,21,24,26,29H,4,6-15,19-20H2,1-3,5H3/b25-16+,27-22-,28-18?,30-17-. The Kier molecular flexibility index (Phi) is 8.48. The Morgan fingerprint density at radius 1 is 0.941 bits per heavy atom. The van der Waals surface area contributed by atoms with Gasteiger partial charge in [-0.15, -0.1) is 0 Å². The van der Waals surface area contributed by atoms with Crippen molar-refractivity contribution in [3.63, 3.8) is 0 Å². The zero-order chi connectivity index (χ0) is 24.1. The second kappa shape index (κ2) is 11.5. The fraction of sp³-hybridized carbons (Fsp3) is 0.704. The fourth-order valence-corrected chi connectivity index (χ4v) is 5.18. The van der Waals surface area contributed by atoms with E-state index in [4.69, 9.17) is 4.99 Å². The molecule has 188 valence electrons. The van der Waals surface area contributed by atoms with Crippen LogP contribution in [0.3, 0.4) is 0 Å². The van der Waals surface area contributed by atoms with E-state index in [0.717, 1.165) is 69.7 Å².